The van der Waals surface area contributed by atoms with E-state index in [9.17, 15) is 34.5 Å². The van der Waals surface area contributed by atoms with E-state index in [1.807, 2.05) is 29.2 Å². The zero-order valence-corrected chi connectivity index (χ0v) is 25.6. The molecule has 15 heteroatoms. The van der Waals surface area contributed by atoms with Crippen molar-refractivity contribution in [1.82, 2.24) is 30.2 Å². The standard InChI is InChI=1S/C29H50N8O7/c30-8-1-2-9-31-10-3-11-32-20-24-4-6-25(7-5-24)33-26(38)21-34-12-13-35(22-27(39)40)14-15-36(23-28(41)42)17-19-37(18-16-34)29(43)44/h4-7,31-32H,1-3,8-23,30H2,(H,33,38)(H,39,40)(H,41,42)(H,43,44). The number of hydrogen-bond donors (Lipinski definition) is 7. The second kappa shape index (κ2) is 21.4. The smallest absolute Gasteiger partial charge is 0.407 e. The number of nitrogens with zero attached hydrogens (tertiary/aromatic N) is 4. The number of anilines is 1. The molecule has 0 aliphatic carbocycles. The van der Waals surface area contributed by atoms with Gasteiger partial charge in [-0.2, -0.15) is 0 Å². The van der Waals surface area contributed by atoms with Gasteiger partial charge < -0.3 is 41.9 Å². The third-order valence-corrected chi connectivity index (χ3v) is 7.27. The molecule has 2 amide bonds. The lowest BCUT2D eigenvalue weighted by Gasteiger charge is -2.32. The largest absolute Gasteiger partial charge is 0.480 e. The predicted molar refractivity (Wildman–Crippen MR) is 167 cm³/mol. The van der Waals surface area contributed by atoms with Gasteiger partial charge in [0.2, 0.25) is 5.91 Å². The van der Waals surface area contributed by atoms with E-state index in [0.717, 1.165) is 57.5 Å². The van der Waals surface area contributed by atoms with Crippen LogP contribution in [0.4, 0.5) is 10.5 Å². The minimum absolute atomic E-state index is 0.00305. The fourth-order valence-corrected chi connectivity index (χ4v) is 4.79. The van der Waals surface area contributed by atoms with E-state index < -0.39 is 18.0 Å². The Bertz CT molecular complexity index is 1010. The number of aliphatic carboxylic acids is 2. The van der Waals surface area contributed by atoms with Crippen molar-refractivity contribution >= 4 is 29.6 Å². The van der Waals surface area contributed by atoms with Gasteiger partial charge in [-0.3, -0.25) is 29.1 Å². The number of carbonyl (C=O) groups excluding carboxylic acids is 1. The summed E-state index contributed by atoms with van der Waals surface area (Å²) in [4.78, 5) is 53.8. The number of hydrogen-bond acceptors (Lipinski definition) is 10. The molecule has 2 rings (SSSR count). The van der Waals surface area contributed by atoms with Crippen LogP contribution in [0, 0.1) is 0 Å². The van der Waals surface area contributed by atoms with Crippen molar-refractivity contribution in [2.75, 3.05) is 103 Å². The highest BCUT2D eigenvalue weighted by Crippen LogP contribution is 2.10. The van der Waals surface area contributed by atoms with Crippen molar-refractivity contribution in [3.8, 4) is 0 Å². The fraction of sp³-hybridized carbons (Fsp3) is 0.655. The Kier molecular flexibility index (Phi) is 17.9. The molecule has 15 nitrogen and oxygen atoms in total. The molecule has 0 saturated carbocycles. The summed E-state index contributed by atoms with van der Waals surface area (Å²) in [6.45, 7) is 5.66. The lowest BCUT2D eigenvalue weighted by molar-refractivity contribution is -0.140. The normalized spacial score (nSPS) is 16.2. The van der Waals surface area contributed by atoms with Gasteiger partial charge in [0.1, 0.15) is 0 Å². The molecular formula is C29H50N8O7. The van der Waals surface area contributed by atoms with Crippen LogP contribution in [0.25, 0.3) is 0 Å². The topological polar surface area (TPSA) is 204 Å². The van der Waals surface area contributed by atoms with E-state index in [1.165, 1.54) is 4.90 Å². The van der Waals surface area contributed by atoms with Crippen molar-refractivity contribution in [2.45, 2.75) is 25.8 Å². The molecule has 1 saturated heterocycles. The molecule has 8 N–H and O–H groups in total. The third-order valence-electron chi connectivity index (χ3n) is 7.27. The Hall–Kier alpha value is -3.34. The maximum absolute atomic E-state index is 12.9. The van der Waals surface area contributed by atoms with Gasteiger partial charge >= 0.3 is 18.0 Å². The summed E-state index contributed by atoms with van der Waals surface area (Å²) < 4.78 is 0. The zero-order valence-electron chi connectivity index (χ0n) is 25.6. The lowest BCUT2D eigenvalue weighted by atomic mass is 10.2. The first kappa shape index (κ1) is 36.8. The number of benzene rings is 1. The summed E-state index contributed by atoms with van der Waals surface area (Å²) in [5, 5.41) is 38.0. The van der Waals surface area contributed by atoms with Crippen LogP contribution in [0.5, 0.6) is 0 Å². The predicted octanol–water partition coefficient (Wildman–Crippen LogP) is -0.498. The average molecular weight is 623 g/mol. The molecule has 1 aromatic rings. The fourth-order valence-electron chi connectivity index (χ4n) is 4.79. The van der Waals surface area contributed by atoms with Crippen molar-refractivity contribution in [3.63, 3.8) is 0 Å². The van der Waals surface area contributed by atoms with Crippen molar-refractivity contribution < 1.29 is 34.5 Å². The molecule has 1 aromatic carbocycles. The summed E-state index contributed by atoms with van der Waals surface area (Å²) in [6.07, 6.45) is 2.03. The van der Waals surface area contributed by atoms with Crippen molar-refractivity contribution in [2.24, 2.45) is 5.73 Å². The molecule has 1 aliphatic rings. The van der Waals surface area contributed by atoms with Crippen LogP contribution in [0.2, 0.25) is 0 Å². The van der Waals surface area contributed by atoms with E-state index in [4.69, 9.17) is 5.73 Å². The zero-order chi connectivity index (χ0) is 32.2. The second-order valence-corrected chi connectivity index (χ2v) is 10.9. The lowest BCUT2D eigenvalue weighted by Crippen LogP contribution is -2.49. The number of carboxylic acid groups (broad SMARTS) is 3. The van der Waals surface area contributed by atoms with E-state index in [-0.39, 0.29) is 58.3 Å². The van der Waals surface area contributed by atoms with Crippen molar-refractivity contribution in [1.29, 1.82) is 0 Å². The number of rotatable bonds is 17. The Morgan fingerprint density at radius 3 is 1.68 bits per heavy atom. The summed E-state index contributed by atoms with van der Waals surface area (Å²) in [5.41, 5.74) is 7.24. The molecule has 0 spiro atoms. The van der Waals surface area contributed by atoms with E-state index >= 15 is 0 Å². The summed E-state index contributed by atoms with van der Waals surface area (Å²) in [7, 11) is 0. The number of carbonyl (C=O) groups is 4. The van der Waals surface area contributed by atoms with Gasteiger partial charge in [0.05, 0.1) is 19.6 Å². The van der Waals surface area contributed by atoms with Gasteiger partial charge in [0, 0.05) is 64.6 Å². The number of nitrogens with one attached hydrogen (secondary N) is 3. The maximum atomic E-state index is 12.9. The Morgan fingerprint density at radius 2 is 1.16 bits per heavy atom. The summed E-state index contributed by atoms with van der Waals surface area (Å²) >= 11 is 0. The first-order valence-electron chi connectivity index (χ1n) is 15.2. The summed E-state index contributed by atoms with van der Waals surface area (Å²) in [5.74, 6) is -2.31. The SMILES string of the molecule is NCCCCNCCCNCc1ccc(NC(=O)CN2CCN(CC(=O)O)CCN(CC(=O)O)CCN(C(=O)O)CC2)cc1. The van der Waals surface area contributed by atoms with Crippen LogP contribution in [0.3, 0.4) is 0 Å². The van der Waals surface area contributed by atoms with Crippen LogP contribution in [0.15, 0.2) is 24.3 Å². The van der Waals surface area contributed by atoms with Crippen molar-refractivity contribution in [3.05, 3.63) is 29.8 Å². The first-order chi connectivity index (χ1) is 21.2. The average Bonchev–Trinajstić information content (AvgIpc) is 2.96. The number of unbranched alkanes of at least 4 members (excludes halogenated alkanes) is 1. The third kappa shape index (κ3) is 16.5. The Morgan fingerprint density at radius 1 is 0.659 bits per heavy atom. The van der Waals surface area contributed by atoms with Gasteiger partial charge in [-0.25, -0.2) is 4.79 Å². The van der Waals surface area contributed by atoms with Crippen LogP contribution in [-0.4, -0.2) is 157 Å². The van der Waals surface area contributed by atoms with E-state index in [2.05, 4.69) is 16.0 Å². The highest BCUT2D eigenvalue weighted by molar-refractivity contribution is 5.92. The Balaban J connectivity index is 1.89. The molecule has 0 atom stereocenters. The van der Waals surface area contributed by atoms with Crippen LogP contribution in [-0.2, 0) is 20.9 Å². The minimum Gasteiger partial charge on any atom is -0.480 e. The number of carboxylic acids is 2. The van der Waals surface area contributed by atoms with Crippen LogP contribution < -0.4 is 21.7 Å². The molecule has 0 radical (unpaired) electrons. The molecule has 0 bridgehead atoms. The van der Waals surface area contributed by atoms with Gasteiger partial charge in [0.25, 0.3) is 0 Å². The molecule has 1 aliphatic heterocycles. The molecular weight excluding hydrogens is 572 g/mol. The molecule has 0 unspecified atom stereocenters. The summed E-state index contributed by atoms with van der Waals surface area (Å²) in [6, 6.07) is 7.58. The van der Waals surface area contributed by atoms with E-state index in [0.29, 0.717) is 25.3 Å². The second-order valence-electron chi connectivity index (χ2n) is 10.9. The Labute approximate surface area is 259 Å². The van der Waals surface area contributed by atoms with Crippen LogP contribution in [0.1, 0.15) is 24.8 Å². The quantitative estimate of drug-likeness (QED) is 0.110. The highest BCUT2D eigenvalue weighted by Gasteiger charge is 2.22. The van der Waals surface area contributed by atoms with Gasteiger partial charge in [-0.1, -0.05) is 12.1 Å². The number of amides is 2. The van der Waals surface area contributed by atoms with Gasteiger partial charge in [0.15, 0.2) is 0 Å². The van der Waals surface area contributed by atoms with Crippen LogP contribution >= 0.6 is 0 Å². The molecule has 1 fully saturated rings. The maximum Gasteiger partial charge on any atom is 0.407 e. The van der Waals surface area contributed by atoms with Gasteiger partial charge in [-0.05, 0) is 63.1 Å². The minimum atomic E-state index is -1.13. The highest BCUT2D eigenvalue weighted by atomic mass is 16.4. The monoisotopic (exact) mass is 622 g/mol. The van der Waals surface area contributed by atoms with E-state index in [1.54, 1.807) is 9.80 Å². The first-order valence-corrected chi connectivity index (χ1v) is 15.2. The van der Waals surface area contributed by atoms with Gasteiger partial charge in [-0.15, -0.1) is 0 Å². The number of nitrogens with two attached hydrogens (primary N) is 1. The molecule has 248 valence electrons. The molecule has 1 heterocycles. The molecule has 0 aromatic heterocycles. The molecule has 44 heavy (non-hydrogen) atoms.